The lowest BCUT2D eigenvalue weighted by molar-refractivity contribution is -0.128. The van der Waals surface area contributed by atoms with Crippen molar-refractivity contribution in [2.75, 3.05) is 13.1 Å². The van der Waals surface area contributed by atoms with Gasteiger partial charge in [-0.2, -0.15) is 0 Å². The van der Waals surface area contributed by atoms with Crippen molar-refractivity contribution in [2.24, 2.45) is 4.99 Å². The zero-order chi connectivity index (χ0) is 22.1. The number of benzene rings is 1. The van der Waals surface area contributed by atoms with Crippen LogP contribution in [0, 0.1) is 0 Å². The highest BCUT2D eigenvalue weighted by atomic mass is 16.5. The number of aromatic nitrogens is 1. The van der Waals surface area contributed by atoms with E-state index in [0.29, 0.717) is 32.0 Å². The van der Waals surface area contributed by atoms with Crippen LogP contribution in [-0.2, 0) is 24.4 Å². The Labute approximate surface area is 185 Å². The van der Waals surface area contributed by atoms with Gasteiger partial charge in [0.15, 0.2) is 11.7 Å². The summed E-state index contributed by atoms with van der Waals surface area (Å²) in [5.41, 5.74) is 3.31. The van der Waals surface area contributed by atoms with Gasteiger partial charge >= 0.3 is 0 Å². The van der Waals surface area contributed by atoms with Gasteiger partial charge in [-0.1, -0.05) is 43.3 Å². The molecule has 1 aliphatic rings. The summed E-state index contributed by atoms with van der Waals surface area (Å²) < 4.78 is 5.51. The van der Waals surface area contributed by atoms with Crippen LogP contribution in [0.4, 0.5) is 0 Å². The Balaban J connectivity index is 1.63. The topological polar surface area (TPSA) is 82.8 Å². The number of likely N-dealkylation sites (tertiary alicyclic amines) is 1. The fraction of sp³-hybridized carbons (Fsp3) is 0.542. The third-order valence-electron chi connectivity index (χ3n) is 5.81. The molecular weight excluding hydrogens is 390 g/mol. The first-order valence-electron chi connectivity index (χ1n) is 11.5. The molecule has 2 heterocycles. The summed E-state index contributed by atoms with van der Waals surface area (Å²) >= 11 is 0. The highest BCUT2D eigenvalue weighted by molar-refractivity contribution is 5.79. The number of nitrogens with one attached hydrogen (secondary N) is 2. The molecule has 7 heteroatoms. The van der Waals surface area contributed by atoms with E-state index in [0.717, 1.165) is 60.9 Å². The Bertz CT molecular complexity index is 872. The van der Waals surface area contributed by atoms with Gasteiger partial charge in [0.2, 0.25) is 5.91 Å². The fourth-order valence-corrected chi connectivity index (χ4v) is 3.93. The van der Waals surface area contributed by atoms with Gasteiger partial charge in [-0.05, 0) is 37.3 Å². The lowest BCUT2D eigenvalue weighted by Crippen LogP contribution is -2.36. The molecule has 7 nitrogen and oxygen atoms in total. The first kappa shape index (κ1) is 22.8. The highest BCUT2D eigenvalue weighted by Crippen LogP contribution is 2.22. The Morgan fingerprint density at radius 1 is 1.19 bits per heavy atom. The van der Waals surface area contributed by atoms with Crippen LogP contribution in [0.5, 0.6) is 0 Å². The molecule has 0 unspecified atom stereocenters. The quantitative estimate of drug-likeness (QED) is 0.445. The van der Waals surface area contributed by atoms with Gasteiger partial charge in [0.25, 0.3) is 0 Å². The monoisotopic (exact) mass is 425 g/mol. The van der Waals surface area contributed by atoms with Crippen molar-refractivity contribution < 1.29 is 9.32 Å². The maximum atomic E-state index is 12.0. The third kappa shape index (κ3) is 6.32. The molecule has 0 spiro atoms. The van der Waals surface area contributed by atoms with Crippen molar-refractivity contribution in [1.82, 2.24) is 20.7 Å². The van der Waals surface area contributed by atoms with E-state index in [9.17, 15) is 4.79 Å². The zero-order valence-electron chi connectivity index (χ0n) is 19.0. The summed E-state index contributed by atoms with van der Waals surface area (Å²) in [6, 6.07) is 10.3. The van der Waals surface area contributed by atoms with Crippen LogP contribution in [0.1, 0.15) is 75.0 Å². The van der Waals surface area contributed by atoms with Crippen molar-refractivity contribution in [2.45, 2.75) is 72.0 Å². The summed E-state index contributed by atoms with van der Waals surface area (Å²) in [6.45, 7) is 9.74. The Kier molecular flexibility index (Phi) is 8.50. The molecule has 0 atom stereocenters. The average molecular weight is 426 g/mol. The molecule has 0 saturated carbocycles. The Morgan fingerprint density at radius 2 is 1.97 bits per heavy atom. The van der Waals surface area contributed by atoms with Crippen molar-refractivity contribution in [1.29, 1.82) is 0 Å². The number of amides is 1. The number of rotatable bonds is 10. The number of aliphatic imine (C=N–C) groups is 1. The van der Waals surface area contributed by atoms with E-state index in [2.05, 4.69) is 41.8 Å². The smallest absolute Gasteiger partial charge is 0.222 e. The number of carbonyl (C=O) groups excluding carboxylic acids is 1. The molecule has 0 radical (unpaired) electrons. The largest absolute Gasteiger partial charge is 0.359 e. The minimum Gasteiger partial charge on any atom is -0.359 e. The van der Waals surface area contributed by atoms with Crippen LogP contribution in [0.15, 0.2) is 39.8 Å². The molecule has 1 saturated heterocycles. The number of hydrogen-bond donors (Lipinski definition) is 2. The van der Waals surface area contributed by atoms with Gasteiger partial charge in [-0.15, -0.1) is 0 Å². The summed E-state index contributed by atoms with van der Waals surface area (Å²) in [7, 11) is 0. The zero-order valence-corrected chi connectivity index (χ0v) is 19.0. The maximum absolute atomic E-state index is 12.0. The van der Waals surface area contributed by atoms with E-state index < -0.39 is 0 Å². The molecule has 1 fully saturated rings. The number of hydrogen-bond acceptors (Lipinski definition) is 4. The van der Waals surface area contributed by atoms with E-state index in [4.69, 9.17) is 9.52 Å². The standard InChI is InChI=1S/C24H35N5O2/c1-4-18(5-2)22-14-21(31-28-22)16-27-24(25-6-3)26-15-19-10-7-8-11-20(19)17-29-13-9-12-23(29)30/h7-8,10-11,14,18H,4-6,9,12-13,15-17H2,1-3H3,(H2,25,26,27). The van der Waals surface area contributed by atoms with Crippen molar-refractivity contribution in [3.8, 4) is 0 Å². The molecule has 1 amide bonds. The molecule has 1 aromatic carbocycles. The van der Waals surface area contributed by atoms with E-state index in [1.165, 1.54) is 0 Å². The van der Waals surface area contributed by atoms with Gasteiger partial charge in [0.05, 0.1) is 18.8 Å². The van der Waals surface area contributed by atoms with Crippen LogP contribution < -0.4 is 10.6 Å². The summed E-state index contributed by atoms with van der Waals surface area (Å²) in [6.07, 6.45) is 3.73. The molecule has 3 rings (SSSR count). The van der Waals surface area contributed by atoms with E-state index in [-0.39, 0.29) is 5.91 Å². The van der Waals surface area contributed by atoms with Crippen LogP contribution in [-0.4, -0.2) is 35.0 Å². The lowest BCUT2D eigenvalue weighted by Gasteiger charge is -2.18. The Morgan fingerprint density at radius 3 is 2.65 bits per heavy atom. The second-order valence-corrected chi connectivity index (χ2v) is 7.97. The average Bonchev–Trinajstić information content (AvgIpc) is 3.41. The second kappa shape index (κ2) is 11.5. The van der Waals surface area contributed by atoms with E-state index in [1.54, 1.807) is 0 Å². The molecule has 0 aliphatic carbocycles. The number of guanidine groups is 1. The molecule has 2 aromatic rings. The third-order valence-corrected chi connectivity index (χ3v) is 5.81. The predicted molar refractivity (Wildman–Crippen MR) is 123 cm³/mol. The number of carbonyl (C=O) groups is 1. The van der Waals surface area contributed by atoms with Crippen LogP contribution in [0.3, 0.4) is 0 Å². The molecular formula is C24H35N5O2. The summed E-state index contributed by atoms with van der Waals surface area (Å²) in [5, 5.41) is 10.9. The van der Waals surface area contributed by atoms with Gasteiger partial charge in [0.1, 0.15) is 0 Å². The molecule has 1 aliphatic heterocycles. The summed E-state index contributed by atoms with van der Waals surface area (Å²) in [4.78, 5) is 18.7. The molecule has 31 heavy (non-hydrogen) atoms. The predicted octanol–water partition coefficient (Wildman–Crippen LogP) is 3.96. The van der Waals surface area contributed by atoms with Crippen molar-refractivity contribution in [3.05, 3.63) is 52.9 Å². The maximum Gasteiger partial charge on any atom is 0.222 e. The molecule has 1 aromatic heterocycles. The molecule has 0 bridgehead atoms. The second-order valence-electron chi connectivity index (χ2n) is 7.97. The number of nitrogens with zero attached hydrogens (tertiary/aromatic N) is 3. The lowest BCUT2D eigenvalue weighted by atomic mass is 9.99. The van der Waals surface area contributed by atoms with Crippen LogP contribution in [0.25, 0.3) is 0 Å². The highest BCUT2D eigenvalue weighted by Gasteiger charge is 2.20. The minimum absolute atomic E-state index is 0.244. The van der Waals surface area contributed by atoms with Gasteiger partial charge in [0, 0.05) is 38.0 Å². The van der Waals surface area contributed by atoms with Crippen LogP contribution in [0.2, 0.25) is 0 Å². The summed E-state index contributed by atoms with van der Waals surface area (Å²) in [5.74, 6) is 2.22. The SMILES string of the molecule is CCNC(=NCc1ccccc1CN1CCCC1=O)NCc1cc(C(CC)CC)no1. The minimum atomic E-state index is 0.244. The first-order chi connectivity index (χ1) is 15.1. The van der Waals surface area contributed by atoms with E-state index >= 15 is 0 Å². The normalized spacial score (nSPS) is 14.5. The van der Waals surface area contributed by atoms with Gasteiger partial charge in [-0.25, -0.2) is 4.99 Å². The Hall–Kier alpha value is -2.83. The van der Waals surface area contributed by atoms with E-state index in [1.807, 2.05) is 30.0 Å². The van der Waals surface area contributed by atoms with Crippen molar-refractivity contribution in [3.63, 3.8) is 0 Å². The van der Waals surface area contributed by atoms with Gasteiger partial charge in [-0.3, -0.25) is 4.79 Å². The van der Waals surface area contributed by atoms with Crippen LogP contribution >= 0.6 is 0 Å². The van der Waals surface area contributed by atoms with Crippen molar-refractivity contribution >= 4 is 11.9 Å². The van der Waals surface area contributed by atoms with Gasteiger partial charge < -0.3 is 20.1 Å². The molecule has 2 N–H and O–H groups in total. The first-order valence-corrected chi connectivity index (χ1v) is 11.5. The molecule has 168 valence electrons. The fourth-order valence-electron chi connectivity index (χ4n) is 3.93.